The predicted molar refractivity (Wildman–Crippen MR) is 71.5 cm³/mol. The molecule has 2 atom stereocenters. The van der Waals surface area contributed by atoms with Gasteiger partial charge in [0, 0.05) is 44.4 Å². The summed E-state index contributed by atoms with van der Waals surface area (Å²) >= 11 is 1.57. The largest absolute Gasteiger partial charge is 0.405 e. The van der Waals surface area contributed by atoms with Crippen LogP contribution < -0.4 is 16.0 Å². The molecule has 0 saturated carbocycles. The van der Waals surface area contributed by atoms with Crippen molar-refractivity contribution in [3.05, 3.63) is 0 Å². The van der Waals surface area contributed by atoms with Crippen LogP contribution in [0.25, 0.3) is 0 Å². The first kappa shape index (κ1) is 15.9. The van der Waals surface area contributed by atoms with Crippen molar-refractivity contribution in [2.75, 3.05) is 44.4 Å². The third-order valence-corrected chi connectivity index (χ3v) is 4.41. The first-order valence-corrected chi connectivity index (χ1v) is 7.74. The highest BCUT2D eigenvalue weighted by Gasteiger charge is 2.44. The van der Waals surface area contributed by atoms with Gasteiger partial charge in [0.05, 0.1) is 6.04 Å². The van der Waals surface area contributed by atoms with E-state index in [9.17, 15) is 18.0 Å². The van der Waals surface area contributed by atoms with E-state index in [4.69, 9.17) is 0 Å². The lowest BCUT2D eigenvalue weighted by Gasteiger charge is -2.36. The number of hydrogen-bond donors (Lipinski definition) is 3. The lowest BCUT2D eigenvalue weighted by molar-refractivity contribution is -0.184. The zero-order valence-corrected chi connectivity index (χ0v) is 11.8. The second-order valence-electron chi connectivity index (χ2n) is 4.86. The molecule has 1 amide bonds. The Labute approximate surface area is 120 Å². The molecule has 2 fully saturated rings. The molecule has 0 aromatic rings. The molecule has 5 nitrogen and oxygen atoms in total. The molecular formula is C11H19F3N4OS. The number of piperazine rings is 1. The summed E-state index contributed by atoms with van der Waals surface area (Å²) in [6.45, 7) is 1.39. The van der Waals surface area contributed by atoms with Crippen LogP contribution in [-0.2, 0) is 4.79 Å². The molecule has 2 aliphatic heterocycles. The van der Waals surface area contributed by atoms with E-state index < -0.39 is 12.2 Å². The van der Waals surface area contributed by atoms with E-state index in [0.29, 0.717) is 37.8 Å². The summed E-state index contributed by atoms with van der Waals surface area (Å²) in [6, 6.07) is -1.99. The van der Waals surface area contributed by atoms with Gasteiger partial charge in [-0.1, -0.05) is 0 Å². The molecule has 0 aliphatic carbocycles. The van der Waals surface area contributed by atoms with E-state index in [1.165, 1.54) is 4.90 Å². The maximum Gasteiger partial charge on any atom is 0.405 e. The van der Waals surface area contributed by atoms with Crippen molar-refractivity contribution in [1.29, 1.82) is 0 Å². The summed E-state index contributed by atoms with van der Waals surface area (Å²) in [6.07, 6.45) is -4.33. The SMILES string of the molecule is O=C(NCC(N1CCNCC1)C(F)(F)F)C1CSCN1. The van der Waals surface area contributed by atoms with Crippen LogP contribution in [0.1, 0.15) is 0 Å². The topological polar surface area (TPSA) is 56.4 Å². The Hall–Kier alpha value is -0.510. The minimum absolute atomic E-state index is 0.345. The van der Waals surface area contributed by atoms with Gasteiger partial charge in [-0.05, 0) is 0 Å². The number of alkyl halides is 3. The molecule has 20 heavy (non-hydrogen) atoms. The number of carbonyl (C=O) groups is 1. The number of hydrogen-bond acceptors (Lipinski definition) is 5. The van der Waals surface area contributed by atoms with E-state index in [1.54, 1.807) is 11.8 Å². The summed E-state index contributed by atoms with van der Waals surface area (Å²) in [5.41, 5.74) is 0. The van der Waals surface area contributed by atoms with E-state index in [0.717, 1.165) is 0 Å². The number of halogens is 3. The molecule has 2 unspecified atom stereocenters. The van der Waals surface area contributed by atoms with Crippen LogP contribution in [0.5, 0.6) is 0 Å². The fourth-order valence-corrected chi connectivity index (χ4v) is 3.27. The predicted octanol–water partition coefficient (Wildman–Crippen LogP) is -0.399. The molecule has 0 aromatic heterocycles. The molecule has 0 radical (unpaired) electrons. The highest BCUT2D eigenvalue weighted by atomic mass is 32.2. The zero-order valence-electron chi connectivity index (χ0n) is 11.0. The molecular weight excluding hydrogens is 293 g/mol. The summed E-state index contributed by atoms with van der Waals surface area (Å²) in [5.74, 6) is 0.925. The van der Waals surface area contributed by atoms with Crippen molar-refractivity contribution in [1.82, 2.24) is 20.9 Å². The number of nitrogens with zero attached hydrogens (tertiary/aromatic N) is 1. The van der Waals surface area contributed by atoms with E-state index in [1.807, 2.05) is 0 Å². The van der Waals surface area contributed by atoms with Gasteiger partial charge in [0.2, 0.25) is 5.91 Å². The van der Waals surface area contributed by atoms with Gasteiger partial charge in [-0.2, -0.15) is 13.2 Å². The number of carbonyl (C=O) groups excluding carboxylic acids is 1. The maximum atomic E-state index is 13.1. The quantitative estimate of drug-likeness (QED) is 0.660. The van der Waals surface area contributed by atoms with Gasteiger partial charge in [0.25, 0.3) is 0 Å². The van der Waals surface area contributed by atoms with Gasteiger partial charge in [0.1, 0.15) is 6.04 Å². The Morgan fingerprint density at radius 3 is 2.65 bits per heavy atom. The fraction of sp³-hybridized carbons (Fsp3) is 0.909. The van der Waals surface area contributed by atoms with Crippen molar-refractivity contribution in [3.8, 4) is 0 Å². The van der Waals surface area contributed by atoms with Crippen LogP contribution in [0.15, 0.2) is 0 Å². The van der Waals surface area contributed by atoms with E-state index >= 15 is 0 Å². The first-order valence-electron chi connectivity index (χ1n) is 6.59. The number of thioether (sulfide) groups is 1. The van der Waals surface area contributed by atoms with Gasteiger partial charge >= 0.3 is 6.18 Å². The molecule has 9 heteroatoms. The van der Waals surface area contributed by atoms with Crippen molar-refractivity contribution in [3.63, 3.8) is 0 Å². The summed E-state index contributed by atoms with van der Waals surface area (Å²) in [7, 11) is 0. The third-order valence-electron chi connectivity index (χ3n) is 3.47. The Bertz CT molecular complexity index is 330. The fourth-order valence-electron chi connectivity index (χ4n) is 2.33. The van der Waals surface area contributed by atoms with Gasteiger partial charge in [0.15, 0.2) is 0 Å². The Balaban J connectivity index is 1.88. The number of nitrogens with one attached hydrogen (secondary N) is 3. The van der Waals surface area contributed by atoms with Crippen LogP contribution in [0, 0.1) is 0 Å². The average Bonchev–Trinajstić information content (AvgIpc) is 2.92. The van der Waals surface area contributed by atoms with Gasteiger partial charge in [-0.25, -0.2) is 0 Å². The van der Waals surface area contributed by atoms with Crippen molar-refractivity contribution in [2.24, 2.45) is 0 Å². The lowest BCUT2D eigenvalue weighted by atomic mass is 10.2. The van der Waals surface area contributed by atoms with Gasteiger partial charge in [-0.3, -0.25) is 15.0 Å². The van der Waals surface area contributed by atoms with Crippen LogP contribution in [-0.4, -0.2) is 73.4 Å². The molecule has 2 aliphatic rings. The molecule has 2 rings (SSSR count). The Morgan fingerprint density at radius 2 is 2.10 bits per heavy atom. The minimum atomic E-state index is -4.33. The van der Waals surface area contributed by atoms with Crippen LogP contribution in [0.2, 0.25) is 0 Å². The molecule has 0 spiro atoms. The van der Waals surface area contributed by atoms with E-state index in [-0.39, 0.29) is 18.5 Å². The number of amides is 1. The number of rotatable bonds is 4. The third kappa shape index (κ3) is 4.24. The smallest absolute Gasteiger partial charge is 0.353 e. The molecule has 3 N–H and O–H groups in total. The summed E-state index contributed by atoms with van der Waals surface area (Å²) < 4.78 is 39.3. The van der Waals surface area contributed by atoms with Crippen LogP contribution >= 0.6 is 11.8 Å². The van der Waals surface area contributed by atoms with Gasteiger partial charge < -0.3 is 10.6 Å². The molecule has 116 valence electrons. The highest BCUT2D eigenvalue weighted by molar-refractivity contribution is 7.99. The van der Waals surface area contributed by atoms with Crippen molar-refractivity contribution in [2.45, 2.75) is 18.3 Å². The average molecular weight is 312 g/mol. The summed E-state index contributed by atoms with van der Waals surface area (Å²) in [4.78, 5) is 13.2. The monoisotopic (exact) mass is 312 g/mol. The minimum Gasteiger partial charge on any atom is -0.353 e. The Morgan fingerprint density at radius 1 is 1.40 bits per heavy atom. The van der Waals surface area contributed by atoms with Crippen molar-refractivity contribution >= 4 is 17.7 Å². The molecule has 2 saturated heterocycles. The van der Waals surface area contributed by atoms with E-state index in [2.05, 4.69) is 16.0 Å². The van der Waals surface area contributed by atoms with Crippen molar-refractivity contribution < 1.29 is 18.0 Å². The Kier molecular flexibility index (Phi) is 5.53. The zero-order chi connectivity index (χ0) is 14.6. The molecule has 0 bridgehead atoms. The second kappa shape index (κ2) is 6.97. The second-order valence-corrected chi connectivity index (χ2v) is 5.89. The normalized spacial score (nSPS) is 26.4. The standard InChI is InChI=1S/C11H19F3N4OS/c12-11(13,14)9(18-3-1-15-2-4-18)5-16-10(19)8-6-20-7-17-8/h8-9,15,17H,1-7H2,(H,16,19). The maximum absolute atomic E-state index is 13.1. The van der Waals surface area contributed by atoms with Crippen LogP contribution in [0.3, 0.4) is 0 Å². The van der Waals surface area contributed by atoms with Gasteiger partial charge in [-0.15, -0.1) is 11.8 Å². The van der Waals surface area contributed by atoms with Crippen LogP contribution in [0.4, 0.5) is 13.2 Å². The lowest BCUT2D eigenvalue weighted by Crippen LogP contribution is -2.58. The summed E-state index contributed by atoms with van der Waals surface area (Å²) in [5, 5.41) is 8.40. The highest BCUT2D eigenvalue weighted by Crippen LogP contribution is 2.24. The molecule has 2 heterocycles. The first-order chi connectivity index (χ1) is 9.48. The molecule has 0 aromatic carbocycles.